The van der Waals surface area contributed by atoms with E-state index in [9.17, 15) is 53.3 Å². The minimum Gasteiger partial charge on any atom is -0.385 e. The predicted molar refractivity (Wildman–Crippen MR) is 255 cm³/mol. The van der Waals surface area contributed by atoms with E-state index in [1.807, 2.05) is 39.5 Å². The lowest BCUT2D eigenvalue weighted by atomic mass is 9.73. The molecule has 22 heteroatoms. The lowest BCUT2D eigenvalue weighted by molar-refractivity contribution is -0.197. The number of aliphatic imine (C=N–C) groups is 1. The van der Waals surface area contributed by atoms with Crippen molar-refractivity contribution in [3.8, 4) is 0 Å². The summed E-state index contributed by atoms with van der Waals surface area (Å²) in [5, 5.41) is 0.511. The minimum atomic E-state index is -4.65. The largest absolute Gasteiger partial charge is 0.385 e. The third-order valence-corrected chi connectivity index (χ3v) is 15.3. The average Bonchev–Trinajstić information content (AvgIpc) is 3.63. The van der Waals surface area contributed by atoms with Crippen LogP contribution in [0.4, 0.5) is 5.69 Å². The quantitative estimate of drug-likeness (QED) is 0.0456. The average molecular weight is 1090 g/mol. The number of imide groups is 1. The van der Waals surface area contributed by atoms with Crippen LogP contribution < -0.4 is 4.90 Å². The van der Waals surface area contributed by atoms with Gasteiger partial charge in [0.1, 0.15) is 0 Å². The number of fused-ring (bicyclic) bond motifs is 1. The summed E-state index contributed by atoms with van der Waals surface area (Å²) in [5.41, 5.74) is -1.06. The number of nitrogens with zero attached hydrogens (tertiary/aromatic N) is 3. The van der Waals surface area contributed by atoms with Gasteiger partial charge in [-0.05, 0) is 147 Å². The van der Waals surface area contributed by atoms with Crippen LogP contribution in [0.15, 0.2) is 75.1 Å². The van der Waals surface area contributed by atoms with Gasteiger partial charge in [0.15, 0.2) is 0 Å². The van der Waals surface area contributed by atoms with Gasteiger partial charge in [0.05, 0.1) is 27.7 Å². The zero-order valence-corrected chi connectivity index (χ0v) is 43.0. The number of hydrogen-bond donors (Lipinski definition) is 3. The van der Waals surface area contributed by atoms with Gasteiger partial charge in [0.2, 0.25) is 0 Å². The first-order chi connectivity index (χ1) is 30.4. The maximum atomic E-state index is 12.8. The Morgan fingerprint density at radius 3 is 2.05 bits per heavy atom. The summed E-state index contributed by atoms with van der Waals surface area (Å²) in [4.78, 5) is 48.6. The van der Waals surface area contributed by atoms with Gasteiger partial charge in [-0.3, -0.25) is 28.2 Å². The number of allylic oxidation sites excluding steroid dienone is 4. The number of amides is 2. The molecule has 0 radical (unpaired) electrons. The second-order valence-corrected chi connectivity index (χ2v) is 23.9. The Morgan fingerprint density at radius 2 is 1.47 bits per heavy atom. The molecule has 2 aliphatic heterocycles. The van der Waals surface area contributed by atoms with Crippen molar-refractivity contribution in [2.45, 2.75) is 119 Å². The predicted octanol–water partition coefficient (Wildman–Crippen LogP) is 6.63. The van der Waals surface area contributed by atoms with Crippen LogP contribution >= 0.6 is 22.6 Å². The molecule has 0 bridgehead atoms. The first-order valence-electron chi connectivity index (χ1n) is 21.0. The summed E-state index contributed by atoms with van der Waals surface area (Å²) >= 11 is 2.09. The number of rotatable bonds is 23. The monoisotopic (exact) mass is 1090 g/mol. The van der Waals surface area contributed by atoms with Gasteiger partial charge in [-0.2, -0.15) is 25.3 Å². The SMILES string of the molecule is COCCN1/C(=C/C=C/C(=NC(C)(C)CC(C)(C)CCC(=O)ON2C(=O)CCC2=O)C(C)(CCOC)c2cc(S(=O)(=O)O)ccc2I)C(C)(CCCS(=O)(=O)O)c2cc(S(=O)(=O)O)ccc21. The molecule has 0 aliphatic carbocycles. The second kappa shape index (κ2) is 21.3. The van der Waals surface area contributed by atoms with Crippen molar-refractivity contribution in [2.75, 3.05) is 44.6 Å². The first-order valence-corrected chi connectivity index (χ1v) is 26.6. The van der Waals surface area contributed by atoms with E-state index < -0.39 is 75.7 Å². The molecule has 3 N–H and O–H groups in total. The molecule has 1 saturated heterocycles. The van der Waals surface area contributed by atoms with E-state index >= 15 is 0 Å². The van der Waals surface area contributed by atoms with Crippen LogP contribution in [-0.2, 0) is 69.9 Å². The highest BCUT2D eigenvalue weighted by Gasteiger charge is 2.44. The standard InChI is InChI=1S/C44H60IN3O15S3/c1-41(2,21-19-40(51)63-48-38(49)17-18-39(48)50)29-42(3,4)46-36(43(5,22-24-61-7)32-27-30(65(55,56)57)13-15-34(32)45)11-9-12-37-44(6,20-10-26-64(52,53)54)33-28-31(66(58,59)60)14-16-35(33)47(37)23-25-62-8/h9,11-16,27-28H,10,17-26,29H2,1-8H3,(H,52,53,54)(H,55,56,57)(H,58,59,60)/b11-9+,37-12+,46-36?. The van der Waals surface area contributed by atoms with E-state index in [-0.39, 0.29) is 68.1 Å². The molecule has 0 spiro atoms. The highest BCUT2D eigenvalue weighted by molar-refractivity contribution is 14.1. The maximum Gasteiger partial charge on any atom is 0.333 e. The molecule has 0 saturated carbocycles. The summed E-state index contributed by atoms with van der Waals surface area (Å²) in [6.45, 7) is 12.0. The van der Waals surface area contributed by atoms with Gasteiger partial charge in [-0.25, -0.2) is 4.79 Å². The molecular weight excluding hydrogens is 1030 g/mol. The summed E-state index contributed by atoms with van der Waals surface area (Å²) in [6, 6.07) is 8.43. The maximum absolute atomic E-state index is 12.8. The Kier molecular flexibility index (Phi) is 17.8. The van der Waals surface area contributed by atoms with Gasteiger partial charge in [-0.15, -0.1) is 5.06 Å². The normalized spacial score (nSPS) is 19.3. The van der Waals surface area contributed by atoms with Crippen molar-refractivity contribution in [1.29, 1.82) is 0 Å². The van der Waals surface area contributed by atoms with E-state index in [4.69, 9.17) is 19.3 Å². The fourth-order valence-electron chi connectivity index (χ4n) is 8.73. The number of ether oxygens (including phenoxy) is 2. The number of hydrogen-bond acceptors (Lipinski definition) is 14. The molecule has 2 aromatic carbocycles. The van der Waals surface area contributed by atoms with Crippen molar-refractivity contribution in [1.82, 2.24) is 5.06 Å². The van der Waals surface area contributed by atoms with Crippen molar-refractivity contribution >= 4 is 82.1 Å². The Labute approximate surface area is 401 Å². The molecule has 4 rings (SSSR count). The number of halogens is 1. The fourth-order valence-corrected chi connectivity index (χ4v) is 11.2. The molecular formula is C44H60IN3O15S3. The van der Waals surface area contributed by atoms with Crippen LogP contribution in [0.1, 0.15) is 104 Å². The van der Waals surface area contributed by atoms with Gasteiger partial charge in [-0.1, -0.05) is 19.9 Å². The Morgan fingerprint density at radius 1 is 0.879 bits per heavy atom. The number of anilines is 1. The number of hydroxylamine groups is 2. The molecule has 2 aliphatic rings. The highest BCUT2D eigenvalue weighted by Crippen LogP contribution is 2.51. The zero-order valence-electron chi connectivity index (χ0n) is 38.4. The van der Waals surface area contributed by atoms with E-state index in [1.165, 1.54) is 38.5 Å². The molecule has 2 heterocycles. The van der Waals surface area contributed by atoms with E-state index in [2.05, 4.69) is 22.6 Å². The van der Waals surface area contributed by atoms with Crippen LogP contribution in [0.5, 0.6) is 0 Å². The summed E-state index contributed by atoms with van der Waals surface area (Å²) in [5.74, 6) is -2.48. The van der Waals surface area contributed by atoms with Crippen LogP contribution in [0.2, 0.25) is 0 Å². The number of methoxy groups -OCH3 is 2. The van der Waals surface area contributed by atoms with E-state index in [0.29, 0.717) is 49.7 Å². The summed E-state index contributed by atoms with van der Waals surface area (Å²) in [7, 11) is -10.6. The second-order valence-electron chi connectivity index (χ2n) is 18.3. The molecule has 2 aromatic rings. The summed E-state index contributed by atoms with van der Waals surface area (Å²) in [6.07, 6.45) is 6.14. The molecule has 0 aromatic heterocycles. The topological polar surface area (TPSA) is 261 Å². The van der Waals surface area contributed by atoms with Gasteiger partial charge in [0.25, 0.3) is 42.2 Å². The highest BCUT2D eigenvalue weighted by atomic mass is 127. The lowest BCUT2D eigenvalue weighted by Crippen LogP contribution is -2.38. The van der Waals surface area contributed by atoms with Crippen molar-refractivity contribution < 1.29 is 67.6 Å². The molecule has 2 amide bonds. The number of carbonyl (C=O) groups excluding carboxylic acids is 3. The van der Waals surface area contributed by atoms with E-state index in [0.717, 1.165) is 0 Å². The Balaban J connectivity index is 1.92. The lowest BCUT2D eigenvalue weighted by Gasteiger charge is -2.37. The molecule has 18 nitrogen and oxygen atoms in total. The number of carbonyl (C=O) groups is 3. The zero-order chi connectivity index (χ0) is 49.7. The first kappa shape index (κ1) is 55.0. The van der Waals surface area contributed by atoms with Crippen molar-refractivity contribution in [2.24, 2.45) is 10.4 Å². The molecule has 1 fully saturated rings. The Hall–Kier alpha value is -3.62. The van der Waals surface area contributed by atoms with E-state index in [1.54, 1.807) is 37.3 Å². The van der Waals surface area contributed by atoms with Crippen molar-refractivity contribution in [3.05, 3.63) is 75.0 Å². The minimum absolute atomic E-state index is 0.0232. The van der Waals surface area contributed by atoms with Crippen LogP contribution in [0, 0.1) is 8.99 Å². The number of benzene rings is 2. The Bertz CT molecular complexity index is 2600. The van der Waals surface area contributed by atoms with Gasteiger partial charge >= 0.3 is 5.97 Å². The van der Waals surface area contributed by atoms with Crippen LogP contribution in [-0.4, -0.2) is 113 Å². The van der Waals surface area contributed by atoms with Crippen LogP contribution in [0.25, 0.3) is 0 Å². The van der Waals surface area contributed by atoms with Gasteiger partial charge in [0, 0.05) is 78.1 Å². The molecule has 2 atom stereocenters. The summed E-state index contributed by atoms with van der Waals surface area (Å²) < 4.78 is 115. The molecule has 66 heavy (non-hydrogen) atoms. The fraction of sp³-hybridized carbons (Fsp3) is 0.545. The smallest absolute Gasteiger partial charge is 0.333 e. The molecule has 366 valence electrons. The third kappa shape index (κ3) is 14.0. The van der Waals surface area contributed by atoms with Crippen molar-refractivity contribution in [3.63, 3.8) is 0 Å². The van der Waals surface area contributed by atoms with Crippen LogP contribution in [0.3, 0.4) is 0 Å². The van der Waals surface area contributed by atoms with Gasteiger partial charge < -0.3 is 19.2 Å². The molecule has 2 unspecified atom stereocenters. The third-order valence-electron chi connectivity index (χ3n) is 11.9.